The highest BCUT2D eigenvalue weighted by Crippen LogP contribution is 2.31. The van der Waals surface area contributed by atoms with Crippen LogP contribution >= 0.6 is 11.8 Å². The first kappa shape index (κ1) is 28.6. The zero-order chi connectivity index (χ0) is 28.5. The summed E-state index contributed by atoms with van der Waals surface area (Å²) < 4.78 is 10.0. The summed E-state index contributed by atoms with van der Waals surface area (Å²) >= 11 is 1.20. The molecule has 9 nitrogen and oxygen atoms in total. The summed E-state index contributed by atoms with van der Waals surface area (Å²) in [4.78, 5) is 56.6. The Kier molecular flexibility index (Phi) is 9.69. The summed E-state index contributed by atoms with van der Waals surface area (Å²) in [5, 5.41) is 2.48. The van der Waals surface area contributed by atoms with Gasteiger partial charge in [0.1, 0.15) is 5.25 Å². The summed E-state index contributed by atoms with van der Waals surface area (Å²) in [5.74, 6) is -1.46. The van der Waals surface area contributed by atoms with E-state index in [1.54, 1.807) is 67.3 Å². The van der Waals surface area contributed by atoms with Crippen LogP contribution in [0.4, 0.5) is 11.4 Å². The molecule has 0 radical (unpaired) electrons. The van der Waals surface area contributed by atoms with Crippen LogP contribution in [0, 0.1) is 0 Å². The molecule has 0 bridgehead atoms. The van der Waals surface area contributed by atoms with Crippen LogP contribution in [-0.4, -0.2) is 52.3 Å². The van der Waals surface area contributed by atoms with E-state index in [1.807, 2.05) is 30.3 Å². The highest BCUT2D eigenvalue weighted by Gasteiger charge is 2.36. The zero-order valence-corrected chi connectivity index (χ0v) is 23.0. The molecule has 1 heterocycles. The fraction of sp³-hybridized carbons (Fsp3) is 0.233. The normalized spacial score (nSPS) is 15.9. The predicted molar refractivity (Wildman–Crippen MR) is 154 cm³/mol. The smallest absolute Gasteiger partial charge is 0.338 e. The van der Waals surface area contributed by atoms with Crippen LogP contribution in [-0.2, 0) is 25.6 Å². The van der Waals surface area contributed by atoms with Crippen LogP contribution in [0.25, 0.3) is 0 Å². The van der Waals surface area contributed by atoms with Crippen LogP contribution in [0.15, 0.2) is 83.9 Å². The topological polar surface area (TPSA) is 114 Å². The van der Waals surface area contributed by atoms with Gasteiger partial charge in [0.05, 0.1) is 36.6 Å². The molecule has 0 spiro atoms. The number of benzene rings is 3. The van der Waals surface area contributed by atoms with E-state index in [4.69, 9.17) is 9.47 Å². The molecule has 2 amide bonds. The molecule has 0 aromatic heterocycles. The number of carbonyl (C=O) groups excluding carboxylic acids is 4. The van der Waals surface area contributed by atoms with Gasteiger partial charge in [-0.1, -0.05) is 42.1 Å². The van der Waals surface area contributed by atoms with E-state index in [2.05, 4.69) is 10.3 Å². The molecule has 10 heteroatoms. The maximum absolute atomic E-state index is 13.3. The number of hydrogen-bond donors (Lipinski definition) is 1. The third-order valence-electron chi connectivity index (χ3n) is 5.88. The second-order valence-electron chi connectivity index (χ2n) is 8.72. The minimum Gasteiger partial charge on any atom is -0.462 e. The molecule has 3 aromatic carbocycles. The SMILES string of the molecule is CCOC(=O)c1ccc(N=C2S[C@@H](C(=O)Nc3ccc(C(=O)OCC)cc3)CC(=O)N2Cc2ccccc2)cc1. The number of amides is 2. The minimum absolute atomic E-state index is 0.00887. The monoisotopic (exact) mass is 559 g/mol. The lowest BCUT2D eigenvalue weighted by Crippen LogP contribution is -2.44. The van der Waals surface area contributed by atoms with Gasteiger partial charge in [-0.05, 0) is 67.9 Å². The minimum atomic E-state index is -0.721. The Balaban J connectivity index is 1.54. The molecular formula is C30H29N3O6S. The van der Waals surface area contributed by atoms with Crippen LogP contribution in [0.3, 0.4) is 0 Å². The molecular weight excluding hydrogens is 530 g/mol. The van der Waals surface area contributed by atoms with Gasteiger partial charge in [-0.25, -0.2) is 14.6 Å². The highest BCUT2D eigenvalue weighted by atomic mass is 32.2. The van der Waals surface area contributed by atoms with Gasteiger partial charge in [-0.2, -0.15) is 0 Å². The van der Waals surface area contributed by atoms with Gasteiger partial charge in [0, 0.05) is 12.1 Å². The van der Waals surface area contributed by atoms with Crippen molar-refractivity contribution in [1.29, 1.82) is 0 Å². The fourth-order valence-electron chi connectivity index (χ4n) is 3.89. The van der Waals surface area contributed by atoms with Gasteiger partial charge < -0.3 is 14.8 Å². The van der Waals surface area contributed by atoms with E-state index in [9.17, 15) is 19.2 Å². The van der Waals surface area contributed by atoms with Crippen molar-refractivity contribution < 1.29 is 28.7 Å². The quantitative estimate of drug-likeness (QED) is 0.359. The van der Waals surface area contributed by atoms with E-state index < -0.39 is 17.2 Å². The van der Waals surface area contributed by atoms with Gasteiger partial charge >= 0.3 is 11.9 Å². The summed E-state index contributed by atoms with van der Waals surface area (Å²) in [7, 11) is 0. The first-order chi connectivity index (χ1) is 19.4. The number of nitrogens with one attached hydrogen (secondary N) is 1. The van der Waals surface area contributed by atoms with E-state index in [1.165, 1.54) is 11.8 Å². The molecule has 40 heavy (non-hydrogen) atoms. The molecule has 0 unspecified atom stereocenters. The van der Waals surface area contributed by atoms with Crippen molar-refractivity contribution in [1.82, 2.24) is 4.90 Å². The van der Waals surface area contributed by atoms with Crippen molar-refractivity contribution in [3.63, 3.8) is 0 Å². The number of rotatable bonds is 9. The van der Waals surface area contributed by atoms with E-state index in [0.29, 0.717) is 34.2 Å². The van der Waals surface area contributed by atoms with E-state index in [0.717, 1.165) is 5.56 Å². The first-order valence-electron chi connectivity index (χ1n) is 12.8. The molecule has 1 N–H and O–H groups in total. The average molecular weight is 560 g/mol. The number of amidine groups is 1. The maximum Gasteiger partial charge on any atom is 0.338 e. The molecule has 1 saturated heterocycles. The van der Waals surface area contributed by atoms with Crippen LogP contribution in [0.1, 0.15) is 46.5 Å². The van der Waals surface area contributed by atoms with Crippen molar-refractivity contribution in [3.8, 4) is 0 Å². The lowest BCUT2D eigenvalue weighted by molar-refractivity contribution is -0.129. The Labute approximate surface area is 236 Å². The molecule has 1 atom stereocenters. The van der Waals surface area contributed by atoms with Gasteiger partial charge in [-0.3, -0.25) is 14.5 Å². The maximum atomic E-state index is 13.3. The summed E-state index contributed by atoms with van der Waals surface area (Å²) in [6.07, 6.45) is -0.00887. The van der Waals surface area contributed by atoms with Gasteiger partial charge in [0.2, 0.25) is 11.8 Å². The summed E-state index contributed by atoms with van der Waals surface area (Å²) in [6, 6.07) is 22.4. The number of aliphatic imine (C=N–C) groups is 1. The predicted octanol–water partition coefficient (Wildman–Crippen LogP) is 5.20. The van der Waals surface area contributed by atoms with Gasteiger partial charge in [-0.15, -0.1) is 0 Å². The number of anilines is 1. The Hall–Kier alpha value is -4.44. The Morgan fingerprint density at radius 3 is 2.02 bits per heavy atom. The number of carbonyl (C=O) groups is 4. The highest BCUT2D eigenvalue weighted by molar-refractivity contribution is 8.15. The molecule has 3 aromatic rings. The molecule has 1 aliphatic rings. The van der Waals surface area contributed by atoms with Crippen molar-refractivity contribution in [2.24, 2.45) is 4.99 Å². The molecule has 206 valence electrons. The number of hydrogen-bond acceptors (Lipinski definition) is 8. The third kappa shape index (κ3) is 7.35. The van der Waals surface area contributed by atoms with Crippen LogP contribution < -0.4 is 5.32 Å². The van der Waals surface area contributed by atoms with Crippen LogP contribution in [0.2, 0.25) is 0 Å². The number of nitrogens with zero attached hydrogens (tertiary/aromatic N) is 2. The molecule has 4 rings (SSSR count). The van der Waals surface area contributed by atoms with Crippen LogP contribution in [0.5, 0.6) is 0 Å². The standard InChI is InChI=1S/C30H29N3O6S/c1-3-38-28(36)21-10-14-23(15-11-21)31-27(35)25-18-26(34)33(19-20-8-6-5-7-9-20)30(40-25)32-24-16-12-22(13-17-24)29(37)39-4-2/h5-17,25H,3-4,18-19H2,1-2H3,(H,31,35)/t25-/m1/s1. The van der Waals surface area contributed by atoms with E-state index in [-0.39, 0.29) is 31.4 Å². The molecule has 1 fully saturated rings. The van der Waals surface area contributed by atoms with Crippen molar-refractivity contribution >= 4 is 52.1 Å². The second kappa shape index (κ2) is 13.6. The summed E-state index contributed by atoms with van der Waals surface area (Å²) in [6.45, 7) is 4.31. The Morgan fingerprint density at radius 1 is 0.875 bits per heavy atom. The lowest BCUT2D eigenvalue weighted by Gasteiger charge is -2.32. The van der Waals surface area contributed by atoms with Crippen molar-refractivity contribution in [2.45, 2.75) is 32.1 Å². The van der Waals surface area contributed by atoms with Gasteiger partial charge in [0.15, 0.2) is 5.17 Å². The average Bonchev–Trinajstić information content (AvgIpc) is 2.96. The summed E-state index contributed by atoms with van der Waals surface area (Å²) in [5.41, 5.74) is 2.71. The number of thioether (sulfide) groups is 1. The van der Waals surface area contributed by atoms with Gasteiger partial charge in [0.25, 0.3) is 0 Å². The van der Waals surface area contributed by atoms with Crippen molar-refractivity contribution in [3.05, 3.63) is 95.6 Å². The number of esters is 2. The first-order valence-corrected chi connectivity index (χ1v) is 13.7. The lowest BCUT2D eigenvalue weighted by atomic mass is 10.2. The van der Waals surface area contributed by atoms with E-state index >= 15 is 0 Å². The fourth-order valence-corrected chi connectivity index (χ4v) is 4.98. The molecule has 0 aliphatic carbocycles. The van der Waals surface area contributed by atoms with Crippen molar-refractivity contribution in [2.75, 3.05) is 18.5 Å². The largest absolute Gasteiger partial charge is 0.462 e. The Bertz CT molecular complexity index is 1390. The number of ether oxygens (including phenoxy) is 2. The third-order valence-corrected chi connectivity index (χ3v) is 7.07. The Morgan fingerprint density at radius 2 is 1.45 bits per heavy atom. The zero-order valence-electron chi connectivity index (χ0n) is 22.2. The molecule has 1 aliphatic heterocycles. The second-order valence-corrected chi connectivity index (χ2v) is 9.89. The molecule has 0 saturated carbocycles.